The van der Waals surface area contributed by atoms with Crippen LogP contribution >= 0.6 is 0 Å². The highest BCUT2D eigenvalue weighted by Crippen LogP contribution is 2.53. The summed E-state index contributed by atoms with van der Waals surface area (Å²) in [6.07, 6.45) is 5.99. The first-order valence-corrected chi connectivity index (χ1v) is 24.6. The van der Waals surface area contributed by atoms with Gasteiger partial charge in [-0.2, -0.15) is 0 Å². The molecular weight excluding hydrogens is 1030 g/mol. The van der Waals surface area contributed by atoms with Crippen molar-refractivity contribution < 1.29 is 110 Å². The average molecular weight is 1100 g/mol. The number of nitrogens with zero attached hydrogens (tertiary/aromatic N) is 2. The van der Waals surface area contributed by atoms with Gasteiger partial charge >= 0.3 is 11.9 Å². The number of hydrogen-bond acceptors (Lipinski definition) is 16. The second-order valence-corrected chi connectivity index (χ2v) is 18.7. The van der Waals surface area contributed by atoms with Gasteiger partial charge in [0, 0.05) is 50.7 Å². The standard InChI is InChI=1S/C56H76N2O16.2ClH/c1-57(23-19-37-33-45(65-7)53(69-11)55(71-13)49(37)39(57)27-35-29-41(61-3)51(67-9)42(30-35)62-4)21-15-25-73-47(59)17-18-48(60)74-26-16-22-58(2)24-20-38-34-46(66-8)54(70-12)56(72-14)50(38)40(58)28-36-31-43(63-5)52(68-10)44(32-36)64-6;;/h17-18,29-34,39-40H,15-16,19-28H2,1-14H3;2*1H/q+2;;/p-2/b18-17+;;. The Morgan fingerprint density at radius 1 is 0.434 bits per heavy atom. The zero-order valence-corrected chi connectivity index (χ0v) is 48.0. The largest absolute Gasteiger partial charge is 1.00 e. The number of hydrogen-bond donors (Lipinski definition) is 0. The van der Waals surface area contributed by atoms with E-state index in [2.05, 4.69) is 14.1 Å². The van der Waals surface area contributed by atoms with Crippen LogP contribution in [0.2, 0.25) is 0 Å². The SMILES string of the molecule is COc1cc(CC2c3c(cc(OC)c(OC)c3OC)CC[N+]2(C)CCCOC(=O)/C=C/C(=O)OCCC[N+]2(C)CCc3cc(OC)c(OC)c(OC)c3C2Cc2cc(OC)c(OC)c(OC)c2)cc(OC)c1OC.[Cl-].[Cl-]. The van der Waals surface area contributed by atoms with Gasteiger partial charge in [-0.05, 0) is 58.7 Å². The summed E-state index contributed by atoms with van der Waals surface area (Å²) in [4.78, 5) is 26.0. The molecule has 2 aliphatic rings. The van der Waals surface area contributed by atoms with Crippen LogP contribution in [0.1, 0.15) is 58.3 Å². The number of fused-ring (bicyclic) bond motifs is 2. The third kappa shape index (κ3) is 13.2. The summed E-state index contributed by atoms with van der Waals surface area (Å²) in [5, 5.41) is 0. The number of benzene rings is 4. The van der Waals surface area contributed by atoms with Crippen LogP contribution in [0.4, 0.5) is 0 Å². The quantitative estimate of drug-likeness (QED) is 0.0385. The van der Waals surface area contributed by atoms with E-state index >= 15 is 0 Å². The molecule has 2 aliphatic heterocycles. The van der Waals surface area contributed by atoms with Crippen LogP contribution in [0.3, 0.4) is 0 Å². The van der Waals surface area contributed by atoms with E-state index in [-0.39, 0.29) is 50.1 Å². The normalized spacial score (nSPS) is 18.3. The van der Waals surface area contributed by atoms with E-state index in [0.717, 1.165) is 71.5 Å². The molecule has 4 aromatic rings. The first kappa shape index (κ1) is 62.2. The third-order valence-corrected chi connectivity index (χ3v) is 14.6. The molecule has 0 fully saturated rings. The maximum atomic E-state index is 13.0. The van der Waals surface area contributed by atoms with Crippen molar-refractivity contribution in [1.82, 2.24) is 0 Å². The van der Waals surface area contributed by atoms with Gasteiger partial charge in [-0.1, -0.05) is 0 Å². The lowest BCUT2D eigenvalue weighted by molar-refractivity contribution is -0.941. The zero-order chi connectivity index (χ0) is 53.7. The maximum Gasteiger partial charge on any atom is 0.331 e. The fourth-order valence-corrected chi connectivity index (χ4v) is 10.9. The molecule has 4 aromatic carbocycles. The average Bonchev–Trinajstić information content (AvgIpc) is 3.42. The van der Waals surface area contributed by atoms with E-state index in [0.29, 0.717) is 117 Å². The molecule has 0 bridgehead atoms. The number of ether oxygens (including phenoxy) is 14. The summed E-state index contributed by atoms with van der Waals surface area (Å²) in [7, 11) is 23.7. The topological polar surface area (TPSA) is 163 Å². The molecule has 4 unspecified atom stereocenters. The second-order valence-electron chi connectivity index (χ2n) is 18.7. The van der Waals surface area contributed by atoms with Crippen LogP contribution in [-0.2, 0) is 44.7 Å². The maximum absolute atomic E-state index is 13.0. The molecule has 6 rings (SSSR count). The van der Waals surface area contributed by atoms with Gasteiger partial charge in [0.15, 0.2) is 46.0 Å². The molecule has 76 heavy (non-hydrogen) atoms. The minimum Gasteiger partial charge on any atom is -1.00 e. The Kier molecular flexibility index (Phi) is 23.0. The van der Waals surface area contributed by atoms with Crippen molar-refractivity contribution in [2.45, 2.75) is 50.6 Å². The van der Waals surface area contributed by atoms with E-state index < -0.39 is 11.9 Å². The molecule has 0 amide bonds. The van der Waals surface area contributed by atoms with Gasteiger partial charge in [0.05, 0.1) is 150 Å². The predicted molar refractivity (Wildman–Crippen MR) is 277 cm³/mol. The monoisotopic (exact) mass is 1100 g/mol. The molecule has 0 saturated heterocycles. The van der Waals surface area contributed by atoms with Gasteiger partial charge in [0.25, 0.3) is 0 Å². The van der Waals surface area contributed by atoms with Gasteiger partial charge in [-0.25, -0.2) is 9.59 Å². The molecule has 0 saturated carbocycles. The van der Waals surface area contributed by atoms with Crippen LogP contribution in [0.25, 0.3) is 0 Å². The van der Waals surface area contributed by atoms with Crippen molar-refractivity contribution >= 4 is 11.9 Å². The summed E-state index contributed by atoms with van der Waals surface area (Å²) < 4.78 is 81.9. The molecule has 0 aliphatic carbocycles. The molecule has 18 nitrogen and oxygen atoms in total. The number of methoxy groups -OCH3 is 12. The van der Waals surface area contributed by atoms with E-state index in [1.54, 1.807) is 85.3 Å². The summed E-state index contributed by atoms with van der Waals surface area (Å²) >= 11 is 0. The lowest BCUT2D eigenvalue weighted by Gasteiger charge is -2.46. The number of rotatable bonds is 26. The van der Waals surface area contributed by atoms with Crippen molar-refractivity contribution in [3.63, 3.8) is 0 Å². The van der Waals surface area contributed by atoms with Crippen LogP contribution in [0, 0.1) is 0 Å². The number of likely N-dealkylation sites (N-methyl/N-ethyl adjacent to an activating group) is 2. The van der Waals surface area contributed by atoms with Crippen LogP contribution in [0.5, 0.6) is 69.0 Å². The van der Waals surface area contributed by atoms with Crippen molar-refractivity contribution in [2.24, 2.45) is 0 Å². The molecule has 2 heterocycles. The third-order valence-electron chi connectivity index (χ3n) is 14.6. The number of carbonyl (C=O) groups excluding carboxylic acids is 2. The lowest BCUT2D eigenvalue weighted by Crippen LogP contribution is -3.00. The highest BCUT2D eigenvalue weighted by Gasteiger charge is 2.45. The van der Waals surface area contributed by atoms with E-state index in [1.165, 1.54) is 0 Å². The molecular formula is C56H76Cl2N2O16. The smallest absolute Gasteiger partial charge is 0.331 e. The lowest BCUT2D eigenvalue weighted by atomic mass is 9.85. The van der Waals surface area contributed by atoms with Crippen molar-refractivity contribution in [3.05, 3.63) is 81.9 Å². The van der Waals surface area contributed by atoms with Gasteiger partial charge in [0.1, 0.15) is 12.1 Å². The molecule has 4 atom stereocenters. The molecule has 20 heteroatoms. The number of halogens is 2. The minimum atomic E-state index is -0.637. The number of esters is 2. The Hall–Kier alpha value is -6.34. The highest BCUT2D eigenvalue weighted by molar-refractivity contribution is 5.91. The summed E-state index contributed by atoms with van der Waals surface area (Å²) in [6, 6.07) is 11.7. The Morgan fingerprint density at radius 2 is 0.724 bits per heavy atom. The molecule has 420 valence electrons. The number of quaternary nitrogens is 2. The van der Waals surface area contributed by atoms with Gasteiger partial charge in [0.2, 0.25) is 23.0 Å². The van der Waals surface area contributed by atoms with Crippen LogP contribution < -0.4 is 81.7 Å². The van der Waals surface area contributed by atoms with Crippen LogP contribution in [0.15, 0.2) is 48.6 Å². The first-order chi connectivity index (χ1) is 35.7. The van der Waals surface area contributed by atoms with E-state index in [4.69, 9.17) is 66.3 Å². The van der Waals surface area contributed by atoms with Gasteiger partial charge < -0.3 is 100 Å². The van der Waals surface area contributed by atoms with E-state index in [9.17, 15) is 9.59 Å². The first-order valence-electron chi connectivity index (χ1n) is 24.6. The van der Waals surface area contributed by atoms with Crippen molar-refractivity contribution in [1.29, 1.82) is 0 Å². The zero-order valence-electron chi connectivity index (χ0n) is 46.4. The van der Waals surface area contributed by atoms with Gasteiger partial charge in [-0.15, -0.1) is 0 Å². The summed E-state index contributed by atoms with van der Waals surface area (Å²) in [5.74, 6) is 5.40. The summed E-state index contributed by atoms with van der Waals surface area (Å²) in [5.41, 5.74) is 6.17. The van der Waals surface area contributed by atoms with Gasteiger partial charge in [-0.3, -0.25) is 0 Å². The molecule has 0 spiro atoms. The minimum absolute atomic E-state index is 0. The highest BCUT2D eigenvalue weighted by atomic mass is 35.5. The molecule has 0 N–H and O–H groups in total. The second kappa shape index (κ2) is 28.2. The Labute approximate surface area is 460 Å². The fourth-order valence-electron chi connectivity index (χ4n) is 10.9. The van der Waals surface area contributed by atoms with Crippen molar-refractivity contribution in [3.8, 4) is 69.0 Å². The fraction of sp³-hybridized carbons (Fsp3) is 0.500. The van der Waals surface area contributed by atoms with Crippen molar-refractivity contribution in [2.75, 3.05) is 139 Å². The molecule has 0 aromatic heterocycles. The van der Waals surface area contributed by atoms with E-state index in [1.807, 2.05) is 36.4 Å². The predicted octanol–water partition coefficient (Wildman–Crippen LogP) is 1.49. The Bertz CT molecular complexity index is 2420. The molecule has 0 radical (unpaired) electrons. The Morgan fingerprint density at radius 3 is 1.00 bits per heavy atom. The summed E-state index contributed by atoms with van der Waals surface area (Å²) in [6.45, 7) is 3.17. The number of carbonyl (C=O) groups is 2. The van der Waals surface area contributed by atoms with Crippen LogP contribution in [-0.4, -0.2) is 160 Å². The Balaban J connectivity index is 0.00000624.